The van der Waals surface area contributed by atoms with Gasteiger partial charge < -0.3 is 19.9 Å². The van der Waals surface area contributed by atoms with E-state index in [1.165, 1.54) is 5.56 Å². The lowest BCUT2D eigenvalue weighted by Crippen LogP contribution is -2.15. The fraction of sp³-hybridized carbons (Fsp3) is 0.259. The summed E-state index contributed by atoms with van der Waals surface area (Å²) in [7, 11) is 0. The minimum Gasteiger partial charge on any atom is -0.494 e. The van der Waals surface area contributed by atoms with Crippen molar-refractivity contribution in [1.29, 1.82) is 0 Å². The van der Waals surface area contributed by atoms with Crippen LogP contribution in [0.2, 0.25) is 0 Å². The molecular weight excluding hydrogens is 418 g/mol. The summed E-state index contributed by atoms with van der Waals surface area (Å²) in [4.78, 5) is 23.6. The summed E-state index contributed by atoms with van der Waals surface area (Å²) >= 11 is 0. The molecule has 0 unspecified atom stereocenters. The van der Waals surface area contributed by atoms with E-state index in [4.69, 9.17) is 14.6 Å². The highest BCUT2D eigenvalue weighted by atomic mass is 16.5. The molecule has 0 aliphatic heterocycles. The third-order valence-electron chi connectivity index (χ3n) is 5.14. The summed E-state index contributed by atoms with van der Waals surface area (Å²) < 4.78 is 11.1. The molecule has 6 nitrogen and oxygen atoms in total. The molecule has 0 aliphatic rings. The number of carbonyl (C=O) groups excluding carboxylic acids is 1. The molecule has 2 N–H and O–H groups in total. The van der Waals surface area contributed by atoms with Crippen LogP contribution >= 0.6 is 0 Å². The summed E-state index contributed by atoms with van der Waals surface area (Å²) in [5.74, 6) is -0.358. The number of carboxylic acids is 1. The van der Waals surface area contributed by atoms with Crippen molar-refractivity contribution < 1.29 is 24.2 Å². The lowest BCUT2D eigenvalue weighted by atomic mass is 10.1. The molecule has 0 saturated carbocycles. The number of aryl methyl sites for hydroxylation is 2. The molecule has 0 saturated heterocycles. The van der Waals surface area contributed by atoms with Gasteiger partial charge in [0.05, 0.1) is 12.3 Å². The van der Waals surface area contributed by atoms with E-state index in [1.54, 1.807) is 36.4 Å². The molecule has 33 heavy (non-hydrogen) atoms. The van der Waals surface area contributed by atoms with E-state index in [1.807, 2.05) is 31.2 Å². The van der Waals surface area contributed by atoms with Crippen molar-refractivity contribution in [2.45, 2.75) is 32.6 Å². The summed E-state index contributed by atoms with van der Waals surface area (Å²) in [6.07, 6.45) is 3.80. The first-order chi connectivity index (χ1) is 16.0. The van der Waals surface area contributed by atoms with Gasteiger partial charge in [-0.3, -0.25) is 4.79 Å². The quantitative estimate of drug-likeness (QED) is 0.365. The molecule has 3 aromatic rings. The van der Waals surface area contributed by atoms with Gasteiger partial charge in [0, 0.05) is 5.56 Å². The fourth-order valence-electron chi connectivity index (χ4n) is 3.32. The van der Waals surface area contributed by atoms with E-state index < -0.39 is 12.6 Å². The van der Waals surface area contributed by atoms with Gasteiger partial charge in [-0.15, -0.1) is 0 Å². The highest BCUT2D eigenvalue weighted by molar-refractivity contribution is 6.05. The lowest BCUT2D eigenvalue weighted by Gasteiger charge is -2.13. The third kappa shape index (κ3) is 7.68. The summed E-state index contributed by atoms with van der Waals surface area (Å²) in [5.41, 5.74) is 3.25. The maximum atomic E-state index is 12.7. The summed E-state index contributed by atoms with van der Waals surface area (Å²) in [5, 5.41) is 11.7. The lowest BCUT2D eigenvalue weighted by molar-refractivity contribution is -0.139. The predicted molar refractivity (Wildman–Crippen MR) is 128 cm³/mol. The first-order valence-corrected chi connectivity index (χ1v) is 11.1. The second-order valence-electron chi connectivity index (χ2n) is 7.64. The normalized spacial score (nSPS) is 10.5. The number of ether oxygens (including phenoxy) is 2. The van der Waals surface area contributed by atoms with Crippen LogP contribution in [-0.2, 0) is 17.6 Å². The van der Waals surface area contributed by atoms with Gasteiger partial charge in [0.15, 0.2) is 6.61 Å². The van der Waals surface area contributed by atoms with Crippen molar-refractivity contribution in [3.63, 3.8) is 0 Å². The highest BCUT2D eigenvalue weighted by Crippen LogP contribution is 2.27. The van der Waals surface area contributed by atoms with Crippen molar-refractivity contribution in [2.75, 3.05) is 18.5 Å². The molecule has 3 rings (SSSR count). The average Bonchev–Trinajstić information content (AvgIpc) is 2.84. The SMILES string of the molecule is CCc1ccc(OCC(=O)O)c(NC(=O)c2ccc(OCCCCc3ccccc3)cc2)c1. The predicted octanol–water partition coefficient (Wildman–Crippen LogP) is 5.37. The monoisotopic (exact) mass is 447 g/mol. The topological polar surface area (TPSA) is 84.9 Å². The van der Waals surface area contributed by atoms with E-state index in [0.29, 0.717) is 29.4 Å². The number of aliphatic carboxylic acids is 1. The van der Waals surface area contributed by atoms with Crippen LogP contribution in [0.5, 0.6) is 11.5 Å². The maximum absolute atomic E-state index is 12.7. The number of rotatable bonds is 12. The van der Waals surface area contributed by atoms with E-state index in [-0.39, 0.29) is 5.91 Å². The number of nitrogens with one attached hydrogen (secondary N) is 1. The van der Waals surface area contributed by atoms with E-state index in [0.717, 1.165) is 31.2 Å². The zero-order chi connectivity index (χ0) is 23.5. The number of carbonyl (C=O) groups is 2. The molecule has 0 spiro atoms. The Morgan fingerprint density at radius 1 is 0.879 bits per heavy atom. The number of hydrogen-bond acceptors (Lipinski definition) is 4. The Hall–Kier alpha value is -3.80. The zero-order valence-corrected chi connectivity index (χ0v) is 18.8. The Morgan fingerprint density at radius 2 is 1.64 bits per heavy atom. The van der Waals surface area contributed by atoms with Crippen molar-refractivity contribution in [3.05, 3.63) is 89.5 Å². The van der Waals surface area contributed by atoms with E-state index >= 15 is 0 Å². The average molecular weight is 448 g/mol. The van der Waals surface area contributed by atoms with Crippen LogP contribution in [0.4, 0.5) is 5.69 Å². The summed E-state index contributed by atoms with van der Waals surface area (Å²) in [6, 6.07) is 22.6. The highest BCUT2D eigenvalue weighted by Gasteiger charge is 2.12. The first-order valence-electron chi connectivity index (χ1n) is 11.1. The number of benzene rings is 3. The third-order valence-corrected chi connectivity index (χ3v) is 5.14. The van der Waals surface area contributed by atoms with Gasteiger partial charge >= 0.3 is 5.97 Å². The molecule has 0 atom stereocenters. The molecular formula is C27H29NO5. The van der Waals surface area contributed by atoms with Crippen LogP contribution in [0, 0.1) is 0 Å². The Balaban J connectivity index is 1.52. The Morgan fingerprint density at radius 3 is 2.33 bits per heavy atom. The molecule has 172 valence electrons. The van der Waals surface area contributed by atoms with Gasteiger partial charge in [-0.25, -0.2) is 4.79 Å². The number of carboxylic acid groups (broad SMARTS) is 1. The Labute approximate surface area is 194 Å². The standard InChI is InChI=1S/C27H29NO5/c1-2-20-11-16-25(33-19-26(29)30)24(18-20)28-27(31)22-12-14-23(15-13-22)32-17-7-6-10-21-8-4-3-5-9-21/h3-5,8-9,11-16,18H,2,6-7,10,17,19H2,1H3,(H,28,31)(H,29,30). The van der Waals surface area contributed by atoms with E-state index in [2.05, 4.69) is 17.4 Å². The number of amides is 1. The second kappa shape index (κ2) is 12.3. The number of hydrogen-bond donors (Lipinski definition) is 2. The van der Waals surface area contributed by atoms with Gasteiger partial charge in [-0.05, 0) is 73.2 Å². The van der Waals surface area contributed by atoms with Gasteiger partial charge in [0.2, 0.25) is 0 Å². The van der Waals surface area contributed by atoms with Crippen molar-refractivity contribution in [1.82, 2.24) is 0 Å². The van der Waals surface area contributed by atoms with Crippen molar-refractivity contribution in [3.8, 4) is 11.5 Å². The van der Waals surface area contributed by atoms with Gasteiger partial charge in [0.25, 0.3) is 5.91 Å². The van der Waals surface area contributed by atoms with E-state index in [9.17, 15) is 9.59 Å². The van der Waals surface area contributed by atoms with Crippen molar-refractivity contribution >= 4 is 17.6 Å². The summed E-state index contributed by atoms with van der Waals surface area (Å²) in [6.45, 7) is 2.14. The largest absolute Gasteiger partial charge is 0.494 e. The first kappa shape index (κ1) is 23.9. The number of anilines is 1. The molecule has 0 radical (unpaired) electrons. The van der Waals surface area contributed by atoms with Crippen LogP contribution < -0.4 is 14.8 Å². The second-order valence-corrected chi connectivity index (χ2v) is 7.64. The molecule has 3 aromatic carbocycles. The Bertz CT molecular complexity index is 1050. The van der Waals surface area contributed by atoms with Crippen LogP contribution in [0.3, 0.4) is 0 Å². The van der Waals surface area contributed by atoms with Crippen LogP contribution in [0.1, 0.15) is 41.3 Å². The van der Waals surface area contributed by atoms with Crippen LogP contribution in [0.15, 0.2) is 72.8 Å². The molecule has 0 aromatic heterocycles. The number of unbranched alkanes of at least 4 members (excludes halogenated alkanes) is 1. The molecule has 0 bridgehead atoms. The minimum atomic E-state index is -1.08. The van der Waals surface area contributed by atoms with Gasteiger partial charge in [-0.1, -0.05) is 43.3 Å². The van der Waals surface area contributed by atoms with Crippen LogP contribution in [-0.4, -0.2) is 30.2 Å². The molecule has 0 fully saturated rings. The fourth-order valence-corrected chi connectivity index (χ4v) is 3.32. The molecule has 0 heterocycles. The molecule has 0 aliphatic carbocycles. The smallest absolute Gasteiger partial charge is 0.341 e. The van der Waals surface area contributed by atoms with Gasteiger partial charge in [-0.2, -0.15) is 0 Å². The minimum absolute atomic E-state index is 0.308. The molecule has 6 heteroatoms. The molecule has 1 amide bonds. The van der Waals surface area contributed by atoms with Crippen molar-refractivity contribution in [2.24, 2.45) is 0 Å². The van der Waals surface area contributed by atoms with Crippen LogP contribution in [0.25, 0.3) is 0 Å². The maximum Gasteiger partial charge on any atom is 0.341 e. The Kier molecular flexibility index (Phi) is 8.88. The van der Waals surface area contributed by atoms with Gasteiger partial charge in [0.1, 0.15) is 11.5 Å². The zero-order valence-electron chi connectivity index (χ0n) is 18.8.